The zero-order valence-corrected chi connectivity index (χ0v) is 13.1. The van der Waals surface area contributed by atoms with Crippen LogP contribution >= 0.6 is 12.4 Å². The number of nitrogens with one attached hydrogen (secondary N) is 2. The summed E-state index contributed by atoms with van der Waals surface area (Å²) in [7, 11) is 0. The first-order valence-electron chi connectivity index (χ1n) is 6.84. The summed E-state index contributed by atoms with van der Waals surface area (Å²) >= 11 is 0. The molecule has 0 spiro atoms. The number of hydrogen-bond donors (Lipinski definition) is 2. The molecule has 0 aliphatic carbocycles. The summed E-state index contributed by atoms with van der Waals surface area (Å²) < 4.78 is 4.95. The molecule has 2 rings (SSSR count). The molecule has 5 nitrogen and oxygen atoms in total. The molecule has 0 aromatic heterocycles. The van der Waals surface area contributed by atoms with E-state index in [0.29, 0.717) is 24.4 Å². The Morgan fingerprint density at radius 3 is 2.81 bits per heavy atom. The van der Waals surface area contributed by atoms with Crippen molar-refractivity contribution < 1.29 is 14.3 Å². The zero-order valence-electron chi connectivity index (χ0n) is 12.3. The van der Waals surface area contributed by atoms with E-state index >= 15 is 0 Å². The Hall–Kier alpha value is -1.59. The van der Waals surface area contributed by atoms with Gasteiger partial charge in [-0.25, -0.2) is 4.79 Å². The maximum Gasteiger partial charge on any atom is 0.338 e. The number of amides is 1. The van der Waals surface area contributed by atoms with E-state index in [9.17, 15) is 9.59 Å². The highest BCUT2D eigenvalue weighted by Gasteiger charge is 2.36. The molecule has 1 unspecified atom stereocenters. The average molecular weight is 313 g/mol. The summed E-state index contributed by atoms with van der Waals surface area (Å²) in [6.07, 6.45) is 0.816. The molecule has 2 N–H and O–H groups in total. The fraction of sp³-hybridized carbons (Fsp3) is 0.467. The summed E-state index contributed by atoms with van der Waals surface area (Å²) in [5.41, 5.74) is 0.674. The van der Waals surface area contributed by atoms with E-state index in [1.807, 2.05) is 6.92 Å². The Labute approximate surface area is 130 Å². The third kappa shape index (κ3) is 4.19. The van der Waals surface area contributed by atoms with E-state index in [0.717, 1.165) is 13.0 Å². The first-order chi connectivity index (χ1) is 9.55. The molecule has 1 aromatic rings. The normalized spacial score (nSPS) is 20.5. The maximum atomic E-state index is 12.3. The van der Waals surface area contributed by atoms with Gasteiger partial charge >= 0.3 is 5.97 Å². The van der Waals surface area contributed by atoms with E-state index < -0.39 is 0 Å². The third-order valence-electron chi connectivity index (χ3n) is 3.55. The van der Waals surface area contributed by atoms with Crippen LogP contribution in [0.5, 0.6) is 0 Å². The number of esters is 1. The van der Waals surface area contributed by atoms with Crippen LogP contribution in [-0.2, 0) is 9.53 Å². The molecule has 1 aliphatic rings. The van der Waals surface area contributed by atoms with Gasteiger partial charge in [0, 0.05) is 12.2 Å². The van der Waals surface area contributed by atoms with Gasteiger partial charge in [0.15, 0.2) is 0 Å². The van der Waals surface area contributed by atoms with E-state index in [2.05, 4.69) is 10.6 Å². The van der Waals surface area contributed by atoms with Crippen molar-refractivity contribution in [2.24, 2.45) is 5.41 Å². The number of carbonyl (C=O) groups is 2. The zero-order chi connectivity index (χ0) is 14.6. The molecule has 0 radical (unpaired) electrons. The molecule has 1 atom stereocenters. The lowest BCUT2D eigenvalue weighted by molar-refractivity contribution is -0.123. The number of halogens is 1. The lowest BCUT2D eigenvalue weighted by Gasteiger charge is -2.21. The molecule has 1 saturated heterocycles. The van der Waals surface area contributed by atoms with Crippen LogP contribution in [-0.4, -0.2) is 31.6 Å². The Balaban J connectivity index is 0.00000220. The summed E-state index contributed by atoms with van der Waals surface area (Å²) in [5, 5.41) is 6.07. The van der Waals surface area contributed by atoms with Gasteiger partial charge in [0.05, 0.1) is 17.6 Å². The predicted molar refractivity (Wildman–Crippen MR) is 83.9 cm³/mol. The molecule has 21 heavy (non-hydrogen) atoms. The highest BCUT2D eigenvalue weighted by molar-refractivity contribution is 5.97. The summed E-state index contributed by atoms with van der Waals surface area (Å²) in [6.45, 7) is 5.57. The minimum absolute atomic E-state index is 0. The molecule has 6 heteroatoms. The number of benzene rings is 1. The Morgan fingerprint density at radius 2 is 2.19 bits per heavy atom. The fourth-order valence-electron chi connectivity index (χ4n) is 2.23. The van der Waals surface area contributed by atoms with Crippen molar-refractivity contribution in [1.29, 1.82) is 0 Å². The van der Waals surface area contributed by atoms with Gasteiger partial charge in [-0.3, -0.25) is 4.79 Å². The van der Waals surface area contributed by atoms with Crippen molar-refractivity contribution in [3.8, 4) is 0 Å². The second-order valence-electron chi connectivity index (χ2n) is 5.24. The Kier molecular flexibility index (Phi) is 6.18. The van der Waals surface area contributed by atoms with Gasteiger partial charge in [0.25, 0.3) is 0 Å². The molecule has 1 amide bonds. The van der Waals surface area contributed by atoms with Gasteiger partial charge in [-0.2, -0.15) is 0 Å². The van der Waals surface area contributed by atoms with Crippen molar-refractivity contribution >= 4 is 30.0 Å². The third-order valence-corrected chi connectivity index (χ3v) is 3.55. The quantitative estimate of drug-likeness (QED) is 0.837. The minimum atomic E-state index is -0.389. The molecule has 1 aromatic carbocycles. The predicted octanol–water partition coefficient (Wildman–Crippen LogP) is 2.22. The van der Waals surface area contributed by atoms with Crippen molar-refractivity contribution in [3.63, 3.8) is 0 Å². The molecule has 1 heterocycles. The number of ether oxygens (including phenoxy) is 1. The average Bonchev–Trinajstić information content (AvgIpc) is 2.88. The summed E-state index contributed by atoms with van der Waals surface area (Å²) in [4.78, 5) is 23.9. The van der Waals surface area contributed by atoms with Gasteiger partial charge in [-0.1, -0.05) is 6.07 Å². The fourth-order valence-corrected chi connectivity index (χ4v) is 2.23. The van der Waals surface area contributed by atoms with E-state index in [-0.39, 0.29) is 29.7 Å². The maximum absolute atomic E-state index is 12.3. The van der Waals surface area contributed by atoms with Crippen LogP contribution in [0.1, 0.15) is 30.6 Å². The van der Waals surface area contributed by atoms with Crippen LogP contribution in [0.4, 0.5) is 5.69 Å². The van der Waals surface area contributed by atoms with Gasteiger partial charge in [0.2, 0.25) is 5.91 Å². The van der Waals surface area contributed by atoms with Crippen molar-refractivity contribution in [3.05, 3.63) is 29.8 Å². The number of anilines is 1. The highest BCUT2D eigenvalue weighted by atomic mass is 35.5. The minimum Gasteiger partial charge on any atom is -0.462 e. The van der Waals surface area contributed by atoms with Crippen LogP contribution in [0.25, 0.3) is 0 Å². The van der Waals surface area contributed by atoms with Crippen molar-refractivity contribution in [2.75, 3.05) is 25.0 Å². The lowest BCUT2D eigenvalue weighted by atomic mass is 9.88. The van der Waals surface area contributed by atoms with Crippen LogP contribution in [0.15, 0.2) is 24.3 Å². The van der Waals surface area contributed by atoms with Gasteiger partial charge in [-0.15, -0.1) is 12.4 Å². The van der Waals surface area contributed by atoms with Gasteiger partial charge in [-0.05, 0) is 45.0 Å². The molecule has 1 aliphatic heterocycles. The smallest absolute Gasteiger partial charge is 0.338 e. The van der Waals surface area contributed by atoms with Gasteiger partial charge in [0.1, 0.15) is 0 Å². The van der Waals surface area contributed by atoms with Crippen molar-refractivity contribution in [1.82, 2.24) is 5.32 Å². The molecular formula is C15H21ClN2O3. The van der Waals surface area contributed by atoms with Crippen LogP contribution in [0.3, 0.4) is 0 Å². The highest BCUT2D eigenvalue weighted by Crippen LogP contribution is 2.26. The van der Waals surface area contributed by atoms with E-state index in [4.69, 9.17) is 4.74 Å². The number of hydrogen-bond acceptors (Lipinski definition) is 4. The van der Waals surface area contributed by atoms with E-state index in [1.54, 1.807) is 31.2 Å². The molecule has 0 saturated carbocycles. The largest absolute Gasteiger partial charge is 0.462 e. The SMILES string of the molecule is CCOC(=O)c1cccc(NC(=O)C2(C)CCNC2)c1.Cl. The first kappa shape index (κ1) is 17.5. The Morgan fingerprint density at radius 1 is 1.43 bits per heavy atom. The Bertz CT molecular complexity index is 513. The van der Waals surface area contributed by atoms with E-state index in [1.165, 1.54) is 0 Å². The van der Waals surface area contributed by atoms with Gasteiger partial charge < -0.3 is 15.4 Å². The van der Waals surface area contributed by atoms with Crippen LogP contribution in [0.2, 0.25) is 0 Å². The molecule has 0 bridgehead atoms. The molecule has 116 valence electrons. The second kappa shape index (κ2) is 7.43. The first-order valence-corrected chi connectivity index (χ1v) is 6.84. The molecular weight excluding hydrogens is 292 g/mol. The van der Waals surface area contributed by atoms with Crippen molar-refractivity contribution in [2.45, 2.75) is 20.3 Å². The number of rotatable bonds is 4. The molecule has 1 fully saturated rings. The standard InChI is InChI=1S/C15H20N2O3.ClH/c1-3-20-13(18)11-5-4-6-12(9-11)17-14(19)15(2)7-8-16-10-15;/h4-6,9,16H,3,7-8,10H2,1-2H3,(H,17,19);1H. The second-order valence-corrected chi connectivity index (χ2v) is 5.24. The summed E-state index contributed by atoms with van der Waals surface area (Å²) in [6, 6.07) is 6.82. The van der Waals surface area contributed by atoms with Crippen LogP contribution in [0, 0.1) is 5.41 Å². The summed E-state index contributed by atoms with van der Waals surface area (Å²) in [5.74, 6) is -0.402. The topological polar surface area (TPSA) is 67.4 Å². The van der Waals surface area contributed by atoms with Crippen LogP contribution < -0.4 is 10.6 Å². The number of carbonyl (C=O) groups excluding carboxylic acids is 2. The monoisotopic (exact) mass is 312 g/mol. The lowest BCUT2D eigenvalue weighted by Crippen LogP contribution is -2.35.